The van der Waals surface area contributed by atoms with Gasteiger partial charge >= 0.3 is 0 Å². The van der Waals surface area contributed by atoms with E-state index in [4.69, 9.17) is 11.8 Å². The minimum Gasteiger partial charge on any atom is -0.266 e. The molecule has 80 valence electrons. The Bertz CT molecular complexity index is 338. The summed E-state index contributed by atoms with van der Waals surface area (Å²) in [5.74, 6) is -0.216. The molecule has 1 saturated heterocycles. The van der Waals surface area contributed by atoms with E-state index in [0.29, 0.717) is 5.56 Å². The van der Waals surface area contributed by atoms with Gasteiger partial charge in [-0.25, -0.2) is 5.01 Å². The maximum Gasteiger partial charge on any atom is 0.284 e. The monoisotopic (exact) mass is 225 g/mol. The summed E-state index contributed by atoms with van der Waals surface area (Å²) in [4.78, 5) is 15.7. The van der Waals surface area contributed by atoms with E-state index in [2.05, 4.69) is 4.98 Å². The topological polar surface area (TPSA) is 36.4 Å². The molecule has 2 heterocycles. The van der Waals surface area contributed by atoms with E-state index in [1.54, 1.807) is 18.3 Å². The van der Waals surface area contributed by atoms with Crippen LogP contribution in [0.1, 0.15) is 23.2 Å². The molecule has 1 amide bonds. The molecular weight excluding hydrogens is 214 g/mol. The van der Waals surface area contributed by atoms with Crippen molar-refractivity contribution in [2.75, 3.05) is 13.1 Å². The molecule has 4 nitrogen and oxygen atoms in total. The standard InChI is InChI=1S/C10H12ClN3O/c11-14(13-6-1-2-7-13)10(15)9-4-3-5-12-8-9/h3-5,8H,1-2,6-7H2. The Morgan fingerprint density at radius 3 is 2.80 bits per heavy atom. The van der Waals surface area contributed by atoms with Crippen molar-refractivity contribution in [2.45, 2.75) is 12.8 Å². The van der Waals surface area contributed by atoms with E-state index in [0.717, 1.165) is 25.9 Å². The van der Waals surface area contributed by atoms with Crippen LogP contribution in [0, 0.1) is 0 Å². The summed E-state index contributed by atoms with van der Waals surface area (Å²) in [6, 6.07) is 3.43. The van der Waals surface area contributed by atoms with Gasteiger partial charge in [0.05, 0.1) is 5.56 Å². The van der Waals surface area contributed by atoms with Gasteiger partial charge in [-0.2, -0.15) is 4.53 Å². The van der Waals surface area contributed by atoms with Crippen LogP contribution >= 0.6 is 11.8 Å². The summed E-state index contributed by atoms with van der Waals surface area (Å²) in [6.07, 6.45) is 5.33. The summed E-state index contributed by atoms with van der Waals surface area (Å²) < 4.78 is 1.17. The molecule has 1 aliphatic rings. The first-order valence-electron chi connectivity index (χ1n) is 4.94. The first-order chi connectivity index (χ1) is 7.29. The molecule has 0 N–H and O–H groups in total. The van der Waals surface area contributed by atoms with Crippen molar-refractivity contribution in [3.8, 4) is 0 Å². The van der Waals surface area contributed by atoms with E-state index in [1.165, 1.54) is 10.7 Å². The average molecular weight is 226 g/mol. The van der Waals surface area contributed by atoms with Crippen molar-refractivity contribution >= 4 is 17.7 Å². The zero-order valence-electron chi connectivity index (χ0n) is 8.27. The number of carbonyl (C=O) groups excluding carboxylic acids is 1. The van der Waals surface area contributed by atoms with Crippen molar-refractivity contribution in [2.24, 2.45) is 0 Å². The van der Waals surface area contributed by atoms with Crippen LogP contribution in [0.4, 0.5) is 0 Å². The van der Waals surface area contributed by atoms with E-state index < -0.39 is 0 Å². The highest BCUT2D eigenvalue weighted by Crippen LogP contribution is 2.15. The molecule has 0 radical (unpaired) electrons. The van der Waals surface area contributed by atoms with Crippen molar-refractivity contribution in [3.05, 3.63) is 30.1 Å². The summed E-state index contributed by atoms with van der Waals surface area (Å²) in [5, 5.41) is 1.84. The largest absolute Gasteiger partial charge is 0.284 e. The molecule has 1 aromatic heterocycles. The smallest absolute Gasteiger partial charge is 0.266 e. The molecule has 0 spiro atoms. The van der Waals surface area contributed by atoms with Gasteiger partial charge in [-0.05, 0) is 25.0 Å². The number of amides is 1. The Hall–Kier alpha value is -1.13. The lowest BCUT2D eigenvalue weighted by Crippen LogP contribution is -2.38. The Morgan fingerprint density at radius 2 is 2.20 bits per heavy atom. The number of rotatable bonds is 2. The molecule has 0 unspecified atom stereocenters. The number of nitrogens with zero attached hydrogens (tertiary/aromatic N) is 3. The number of pyridine rings is 1. The lowest BCUT2D eigenvalue weighted by atomic mass is 10.3. The van der Waals surface area contributed by atoms with Crippen molar-refractivity contribution in [1.29, 1.82) is 0 Å². The molecular formula is C10H12ClN3O. The van der Waals surface area contributed by atoms with Gasteiger partial charge in [0.1, 0.15) is 0 Å². The number of carbonyl (C=O) groups is 1. The third-order valence-electron chi connectivity index (χ3n) is 2.41. The normalized spacial score (nSPS) is 16.6. The third kappa shape index (κ3) is 2.27. The van der Waals surface area contributed by atoms with Crippen LogP contribution < -0.4 is 0 Å². The second-order valence-electron chi connectivity index (χ2n) is 3.47. The van der Waals surface area contributed by atoms with Crippen LogP contribution in [0.3, 0.4) is 0 Å². The Balaban J connectivity index is 2.07. The highest BCUT2D eigenvalue weighted by Gasteiger charge is 2.23. The summed E-state index contributed by atoms with van der Waals surface area (Å²) in [5.41, 5.74) is 0.513. The van der Waals surface area contributed by atoms with Gasteiger partial charge < -0.3 is 0 Å². The summed E-state index contributed by atoms with van der Waals surface area (Å²) >= 11 is 5.95. The quantitative estimate of drug-likeness (QED) is 0.719. The second-order valence-corrected chi connectivity index (χ2v) is 3.79. The molecule has 0 aliphatic carbocycles. The van der Waals surface area contributed by atoms with E-state index in [1.807, 2.05) is 5.01 Å². The molecule has 0 atom stereocenters. The highest BCUT2D eigenvalue weighted by molar-refractivity contribution is 6.23. The van der Waals surface area contributed by atoms with Gasteiger partial charge in [-0.1, -0.05) is 0 Å². The number of hydrogen-bond donors (Lipinski definition) is 0. The molecule has 0 saturated carbocycles. The third-order valence-corrected chi connectivity index (χ3v) is 2.77. The Morgan fingerprint density at radius 1 is 1.47 bits per heavy atom. The van der Waals surface area contributed by atoms with Crippen LogP contribution in [0.25, 0.3) is 0 Å². The fourth-order valence-corrected chi connectivity index (χ4v) is 1.85. The van der Waals surface area contributed by atoms with Gasteiger partial charge in [0.15, 0.2) is 0 Å². The Labute approximate surface area is 93.5 Å². The number of halogens is 1. The van der Waals surface area contributed by atoms with Gasteiger partial charge in [-0.15, -0.1) is 0 Å². The van der Waals surface area contributed by atoms with E-state index in [-0.39, 0.29) is 5.91 Å². The summed E-state index contributed by atoms with van der Waals surface area (Å²) in [7, 11) is 0. The number of hydrogen-bond acceptors (Lipinski definition) is 3. The van der Waals surface area contributed by atoms with Crippen molar-refractivity contribution < 1.29 is 4.79 Å². The predicted molar refractivity (Wildman–Crippen MR) is 57.1 cm³/mol. The van der Waals surface area contributed by atoms with E-state index >= 15 is 0 Å². The van der Waals surface area contributed by atoms with Crippen LogP contribution in [0.15, 0.2) is 24.5 Å². The zero-order chi connectivity index (χ0) is 10.7. The molecule has 1 aromatic rings. The van der Waals surface area contributed by atoms with Crippen molar-refractivity contribution in [3.63, 3.8) is 0 Å². The highest BCUT2D eigenvalue weighted by atomic mass is 35.5. The second kappa shape index (κ2) is 4.59. The predicted octanol–water partition coefficient (Wildman–Crippen LogP) is 1.69. The Kier molecular flexibility index (Phi) is 3.18. The van der Waals surface area contributed by atoms with Crippen molar-refractivity contribution in [1.82, 2.24) is 14.5 Å². The lowest BCUT2D eigenvalue weighted by Gasteiger charge is -2.23. The maximum atomic E-state index is 11.8. The number of aromatic nitrogens is 1. The fraction of sp³-hybridized carbons (Fsp3) is 0.400. The van der Waals surface area contributed by atoms with Crippen LogP contribution in [-0.2, 0) is 0 Å². The molecule has 0 bridgehead atoms. The molecule has 0 aromatic carbocycles. The summed E-state index contributed by atoms with van der Waals surface area (Å²) in [6.45, 7) is 1.69. The minimum atomic E-state index is -0.216. The fourth-order valence-electron chi connectivity index (χ4n) is 1.60. The average Bonchev–Trinajstić information content (AvgIpc) is 2.82. The molecule has 1 fully saturated rings. The first-order valence-corrected chi connectivity index (χ1v) is 5.28. The SMILES string of the molecule is O=C(c1cccnc1)N(Cl)N1CCCC1. The van der Waals surface area contributed by atoms with Gasteiger partial charge in [-0.3, -0.25) is 9.78 Å². The van der Waals surface area contributed by atoms with Crippen LogP contribution in [0.5, 0.6) is 0 Å². The first kappa shape index (κ1) is 10.4. The molecule has 1 aliphatic heterocycles. The zero-order valence-corrected chi connectivity index (χ0v) is 9.02. The van der Waals surface area contributed by atoms with Gasteiger partial charge in [0.2, 0.25) is 0 Å². The molecule has 5 heteroatoms. The molecule has 15 heavy (non-hydrogen) atoms. The van der Waals surface area contributed by atoms with Gasteiger partial charge in [0, 0.05) is 37.3 Å². The molecule has 2 rings (SSSR count). The number of hydrazine groups is 1. The lowest BCUT2D eigenvalue weighted by molar-refractivity contribution is 0.0495. The van der Waals surface area contributed by atoms with Gasteiger partial charge in [0.25, 0.3) is 5.91 Å². The van der Waals surface area contributed by atoms with Crippen LogP contribution in [-0.4, -0.2) is 33.5 Å². The van der Waals surface area contributed by atoms with E-state index in [9.17, 15) is 4.79 Å². The van der Waals surface area contributed by atoms with Crippen LogP contribution in [0.2, 0.25) is 0 Å². The maximum absolute atomic E-state index is 11.8. The minimum absolute atomic E-state index is 0.216.